The van der Waals surface area contributed by atoms with Crippen LogP contribution in [0.1, 0.15) is 10.4 Å². The Bertz CT molecular complexity index is 650. The number of ether oxygens (including phenoxy) is 2. The fraction of sp³-hybridized carbons (Fsp3) is 0.294. The maximum Gasteiger partial charge on any atom is 0.257 e. The number of nitrogens with one attached hydrogen (secondary N) is 1. The first-order chi connectivity index (χ1) is 11.3. The van der Waals surface area contributed by atoms with Crippen LogP contribution in [0.2, 0.25) is 0 Å². The fourth-order valence-electron chi connectivity index (χ4n) is 2.42. The third-order valence-electron chi connectivity index (χ3n) is 3.71. The Morgan fingerprint density at radius 1 is 1.17 bits per heavy atom. The Kier molecular flexibility index (Phi) is 4.73. The lowest BCUT2D eigenvalue weighted by Crippen LogP contribution is -2.36. The Morgan fingerprint density at radius 3 is 2.52 bits per heavy atom. The number of rotatable bonds is 4. The number of carbonyl (C=O) groups is 1. The number of methoxy groups -OCH3 is 1. The van der Waals surface area contributed by atoms with E-state index in [0.717, 1.165) is 37.7 Å². The van der Waals surface area contributed by atoms with E-state index < -0.39 is 0 Å². The van der Waals surface area contributed by atoms with E-state index in [1.54, 1.807) is 12.1 Å². The van der Waals surface area contributed by atoms with Crippen molar-refractivity contribution in [3.63, 3.8) is 0 Å². The molecule has 0 unspecified atom stereocenters. The standard InChI is InChI=1S/C17H19N3O3/c1-22-16-7-2-13(12-18-16)17(21)19-14-3-5-15(6-4-14)20-8-10-23-11-9-20/h2-7,12H,8-11H2,1H3,(H,19,21). The molecule has 3 rings (SSSR count). The van der Waals surface area contributed by atoms with Crippen molar-refractivity contribution in [2.24, 2.45) is 0 Å². The maximum atomic E-state index is 12.2. The van der Waals surface area contributed by atoms with Crippen LogP contribution in [0.15, 0.2) is 42.6 Å². The molecule has 0 radical (unpaired) electrons. The highest BCUT2D eigenvalue weighted by atomic mass is 16.5. The summed E-state index contributed by atoms with van der Waals surface area (Å²) in [6, 6.07) is 11.2. The molecule has 2 heterocycles. The Labute approximate surface area is 135 Å². The SMILES string of the molecule is COc1ccc(C(=O)Nc2ccc(N3CCOCC3)cc2)cn1. The van der Waals surface area contributed by atoms with Crippen molar-refractivity contribution < 1.29 is 14.3 Å². The van der Waals surface area contributed by atoms with Crippen LogP contribution in [0.4, 0.5) is 11.4 Å². The Balaban J connectivity index is 1.63. The highest BCUT2D eigenvalue weighted by Crippen LogP contribution is 2.19. The van der Waals surface area contributed by atoms with E-state index in [2.05, 4.69) is 15.2 Å². The number of carbonyl (C=O) groups excluding carboxylic acids is 1. The van der Waals surface area contributed by atoms with Crippen LogP contribution in [0.5, 0.6) is 5.88 Å². The average molecular weight is 313 g/mol. The monoisotopic (exact) mass is 313 g/mol. The first kappa shape index (κ1) is 15.3. The predicted octanol–water partition coefficient (Wildman–Crippen LogP) is 2.18. The first-order valence-corrected chi connectivity index (χ1v) is 7.50. The lowest BCUT2D eigenvalue weighted by molar-refractivity contribution is 0.102. The zero-order chi connectivity index (χ0) is 16.1. The molecule has 1 saturated heterocycles. The highest BCUT2D eigenvalue weighted by molar-refractivity contribution is 6.04. The molecular formula is C17H19N3O3. The van der Waals surface area contributed by atoms with Gasteiger partial charge in [0, 0.05) is 36.7 Å². The molecular weight excluding hydrogens is 294 g/mol. The van der Waals surface area contributed by atoms with Gasteiger partial charge in [0.05, 0.1) is 25.9 Å². The number of aromatic nitrogens is 1. The van der Waals surface area contributed by atoms with Gasteiger partial charge in [0.1, 0.15) is 0 Å². The molecule has 1 aromatic heterocycles. The minimum absolute atomic E-state index is 0.195. The molecule has 0 spiro atoms. The van der Waals surface area contributed by atoms with Crippen LogP contribution >= 0.6 is 0 Å². The molecule has 120 valence electrons. The predicted molar refractivity (Wildman–Crippen MR) is 88.2 cm³/mol. The van der Waals surface area contributed by atoms with Crippen LogP contribution < -0.4 is 15.0 Å². The van der Waals surface area contributed by atoms with Crippen molar-refractivity contribution in [2.45, 2.75) is 0 Å². The van der Waals surface area contributed by atoms with E-state index in [9.17, 15) is 4.79 Å². The second-order valence-corrected chi connectivity index (χ2v) is 5.19. The lowest BCUT2D eigenvalue weighted by Gasteiger charge is -2.28. The second kappa shape index (κ2) is 7.11. The quantitative estimate of drug-likeness (QED) is 0.937. The van der Waals surface area contributed by atoms with Gasteiger partial charge < -0.3 is 19.7 Å². The molecule has 1 amide bonds. The molecule has 2 aromatic rings. The number of amides is 1. The number of hydrogen-bond donors (Lipinski definition) is 1. The summed E-state index contributed by atoms with van der Waals surface area (Å²) in [6.07, 6.45) is 1.50. The van der Waals surface area contributed by atoms with E-state index in [1.807, 2.05) is 24.3 Å². The zero-order valence-electron chi connectivity index (χ0n) is 13.0. The fourth-order valence-corrected chi connectivity index (χ4v) is 2.42. The molecule has 0 aliphatic carbocycles. The van der Waals surface area contributed by atoms with E-state index in [-0.39, 0.29) is 5.91 Å². The molecule has 1 fully saturated rings. The average Bonchev–Trinajstić information content (AvgIpc) is 2.63. The molecule has 0 atom stereocenters. The summed E-state index contributed by atoms with van der Waals surface area (Å²) in [7, 11) is 1.54. The molecule has 0 saturated carbocycles. The molecule has 1 aromatic carbocycles. The topological polar surface area (TPSA) is 63.7 Å². The zero-order valence-corrected chi connectivity index (χ0v) is 13.0. The van der Waals surface area contributed by atoms with Gasteiger partial charge in [-0.25, -0.2) is 4.98 Å². The van der Waals surface area contributed by atoms with Gasteiger partial charge in [-0.15, -0.1) is 0 Å². The third-order valence-corrected chi connectivity index (χ3v) is 3.71. The van der Waals surface area contributed by atoms with E-state index in [1.165, 1.54) is 13.3 Å². The van der Waals surface area contributed by atoms with E-state index in [0.29, 0.717) is 11.4 Å². The summed E-state index contributed by atoms with van der Waals surface area (Å²) >= 11 is 0. The Hall–Kier alpha value is -2.60. The number of hydrogen-bond acceptors (Lipinski definition) is 5. The minimum Gasteiger partial charge on any atom is -0.481 e. The van der Waals surface area contributed by atoms with Crippen molar-refractivity contribution in [2.75, 3.05) is 43.6 Å². The third kappa shape index (κ3) is 3.78. The number of anilines is 2. The lowest BCUT2D eigenvalue weighted by atomic mass is 10.2. The normalized spacial score (nSPS) is 14.4. The molecule has 1 N–H and O–H groups in total. The molecule has 23 heavy (non-hydrogen) atoms. The van der Waals surface area contributed by atoms with Gasteiger partial charge >= 0.3 is 0 Å². The summed E-state index contributed by atoms with van der Waals surface area (Å²) in [6.45, 7) is 3.29. The number of morpholine rings is 1. The number of pyridine rings is 1. The van der Waals surface area contributed by atoms with Crippen molar-refractivity contribution in [3.05, 3.63) is 48.2 Å². The molecule has 0 bridgehead atoms. The van der Waals surface area contributed by atoms with Crippen molar-refractivity contribution in [1.82, 2.24) is 4.98 Å². The summed E-state index contributed by atoms with van der Waals surface area (Å²) in [5.74, 6) is 0.288. The molecule has 6 nitrogen and oxygen atoms in total. The number of nitrogens with zero attached hydrogens (tertiary/aromatic N) is 2. The largest absolute Gasteiger partial charge is 0.481 e. The highest BCUT2D eigenvalue weighted by Gasteiger charge is 2.11. The first-order valence-electron chi connectivity index (χ1n) is 7.50. The molecule has 1 aliphatic rings. The second-order valence-electron chi connectivity index (χ2n) is 5.19. The van der Waals surface area contributed by atoms with E-state index >= 15 is 0 Å². The molecule has 1 aliphatic heterocycles. The van der Waals surface area contributed by atoms with Crippen LogP contribution in [0, 0.1) is 0 Å². The minimum atomic E-state index is -0.195. The summed E-state index contributed by atoms with van der Waals surface area (Å²) in [4.78, 5) is 18.5. The van der Waals surface area contributed by atoms with Crippen LogP contribution in [0.3, 0.4) is 0 Å². The van der Waals surface area contributed by atoms with Crippen molar-refractivity contribution in [1.29, 1.82) is 0 Å². The summed E-state index contributed by atoms with van der Waals surface area (Å²) < 4.78 is 10.3. The van der Waals surface area contributed by atoms with Gasteiger partial charge in [-0.1, -0.05) is 0 Å². The van der Waals surface area contributed by atoms with Crippen LogP contribution in [-0.2, 0) is 4.74 Å². The summed E-state index contributed by atoms with van der Waals surface area (Å²) in [5, 5.41) is 2.86. The van der Waals surface area contributed by atoms with Gasteiger partial charge in [-0.3, -0.25) is 4.79 Å². The van der Waals surface area contributed by atoms with Gasteiger partial charge in [0.2, 0.25) is 5.88 Å². The van der Waals surface area contributed by atoms with Crippen molar-refractivity contribution >= 4 is 17.3 Å². The van der Waals surface area contributed by atoms with E-state index in [4.69, 9.17) is 9.47 Å². The summed E-state index contributed by atoms with van der Waals surface area (Å²) in [5.41, 5.74) is 2.38. The Morgan fingerprint density at radius 2 is 1.91 bits per heavy atom. The van der Waals surface area contributed by atoms with Gasteiger partial charge in [-0.2, -0.15) is 0 Å². The van der Waals surface area contributed by atoms with Gasteiger partial charge in [0.15, 0.2) is 0 Å². The van der Waals surface area contributed by atoms with Gasteiger partial charge in [-0.05, 0) is 30.3 Å². The van der Waals surface area contributed by atoms with Crippen LogP contribution in [0.25, 0.3) is 0 Å². The van der Waals surface area contributed by atoms with Gasteiger partial charge in [0.25, 0.3) is 5.91 Å². The maximum absolute atomic E-state index is 12.2. The molecule has 6 heteroatoms. The smallest absolute Gasteiger partial charge is 0.257 e. The van der Waals surface area contributed by atoms with Crippen LogP contribution in [-0.4, -0.2) is 44.3 Å². The van der Waals surface area contributed by atoms with Crippen molar-refractivity contribution in [3.8, 4) is 5.88 Å². The number of benzene rings is 1.